The number of likely N-dealkylation sites (tertiary alicyclic amines) is 1. The molecule has 2 aromatic heterocycles. The number of thiophene rings is 1. The zero-order chi connectivity index (χ0) is 13.2. The molecule has 0 aromatic carbocycles. The number of hydrogen-bond donors (Lipinski definition) is 0. The molecule has 0 N–H and O–H groups in total. The van der Waals surface area contributed by atoms with Crippen LogP contribution in [0, 0.1) is 0 Å². The smallest absolute Gasteiger partial charge is 0.264 e. The van der Waals surface area contributed by atoms with E-state index < -0.39 is 0 Å². The molecule has 3 heterocycles. The summed E-state index contributed by atoms with van der Waals surface area (Å²) >= 11 is 7.12. The molecule has 6 heteroatoms. The molecule has 1 aliphatic rings. The molecule has 0 atom stereocenters. The molecule has 2 aromatic rings. The number of hydrogen-bond acceptors (Lipinski definition) is 4. The van der Waals surface area contributed by atoms with Gasteiger partial charge in [-0.1, -0.05) is 11.6 Å². The van der Waals surface area contributed by atoms with E-state index in [1.807, 2.05) is 12.1 Å². The maximum atomic E-state index is 12.0. The Morgan fingerprint density at radius 3 is 2.89 bits per heavy atom. The number of aromatic nitrogens is 1. The van der Waals surface area contributed by atoms with Crippen molar-refractivity contribution in [2.24, 2.45) is 0 Å². The van der Waals surface area contributed by atoms with Gasteiger partial charge in [0, 0.05) is 6.20 Å². The standard InChI is InChI=1S/C13H11ClN2O2S/c14-12-4-3-11(19-12)13(17)16-7-10(8-16)18-9-2-1-5-15-6-9/h1-6,10H,7-8H2. The molecule has 0 aliphatic carbocycles. The fourth-order valence-corrected chi connectivity index (χ4v) is 2.88. The second kappa shape index (κ2) is 5.19. The summed E-state index contributed by atoms with van der Waals surface area (Å²) < 4.78 is 6.32. The predicted octanol–water partition coefficient (Wildman–Crippen LogP) is 2.70. The fourth-order valence-electron chi connectivity index (χ4n) is 1.87. The maximum Gasteiger partial charge on any atom is 0.264 e. The lowest BCUT2D eigenvalue weighted by Gasteiger charge is -2.38. The molecule has 3 rings (SSSR count). The predicted molar refractivity (Wildman–Crippen MR) is 73.9 cm³/mol. The van der Waals surface area contributed by atoms with Crippen LogP contribution in [0.4, 0.5) is 0 Å². The third kappa shape index (κ3) is 2.72. The van der Waals surface area contributed by atoms with E-state index in [-0.39, 0.29) is 12.0 Å². The molecule has 0 bridgehead atoms. The highest BCUT2D eigenvalue weighted by molar-refractivity contribution is 7.17. The second-order valence-corrected chi connectivity index (χ2v) is 5.96. The van der Waals surface area contributed by atoms with E-state index in [0.717, 1.165) is 5.75 Å². The van der Waals surface area contributed by atoms with Crippen LogP contribution >= 0.6 is 22.9 Å². The Balaban J connectivity index is 1.54. The minimum Gasteiger partial charge on any atom is -0.485 e. The first-order valence-corrected chi connectivity index (χ1v) is 7.03. The molecule has 1 fully saturated rings. The van der Waals surface area contributed by atoms with Gasteiger partial charge in [0.15, 0.2) is 0 Å². The van der Waals surface area contributed by atoms with Gasteiger partial charge in [-0.05, 0) is 24.3 Å². The summed E-state index contributed by atoms with van der Waals surface area (Å²) in [6.45, 7) is 1.20. The zero-order valence-corrected chi connectivity index (χ0v) is 11.5. The Kier molecular flexibility index (Phi) is 3.40. The normalized spacial score (nSPS) is 15.1. The van der Waals surface area contributed by atoms with Gasteiger partial charge in [0.05, 0.1) is 28.5 Å². The number of amides is 1. The van der Waals surface area contributed by atoms with Crippen molar-refractivity contribution in [1.29, 1.82) is 0 Å². The van der Waals surface area contributed by atoms with Crippen molar-refractivity contribution in [2.75, 3.05) is 13.1 Å². The second-order valence-electron chi connectivity index (χ2n) is 4.24. The van der Waals surface area contributed by atoms with Crippen LogP contribution in [0.1, 0.15) is 9.67 Å². The average molecular weight is 295 g/mol. The molecular weight excluding hydrogens is 284 g/mol. The van der Waals surface area contributed by atoms with Gasteiger partial charge in [-0.15, -0.1) is 11.3 Å². The highest BCUT2D eigenvalue weighted by atomic mass is 35.5. The molecule has 1 aliphatic heterocycles. The monoisotopic (exact) mass is 294 g/mol. The van der Waals surface area contributed by atoms with Gasteiger partial charge in [-0.25, -0.2) is 0 Å². The Labute approximate surface area is 119 Å². The van der Waals surface area contributed by atoms with Crippen LogP contribution in [0.3, 0.4) is 0 Å². The first-order valence-electron chi connectivity index (χ1n) is 5.83. The molecule has 0 spiro atoms. The minimum absolute atomic E-state index is 0.0166. The van der Waals surface area contributed by atoms with E-state index >= 15 is 0 Å². The van der Waals surface area contributed by atoms with Crippen molar-refractivity contribution >= 4 is 28.8 Å². The summed E-state index contributed by atoms with van der Waals surface area (Å²) in [6.07, 6.45) is 3.41. The van der Waals surface area contributed by atoms with Crippen molar-refractivity contribution in [2.45, 2.75) is 6.10 Å². The number of rotatable bonds is 3. The van der Waals surface area contributed by atoms with Crippen LogP contribution in [-0.4, -0.2) is 35.0 Å². The highest BCUT2D eigenvalue weighted by Gasteiger charge is 2.33. The third-order valence-electron chi connectivity index (χ3n) is 2.86. The van der Waals surface area contributed by atoms with Crippen molar-refractivity contribution in [3.8, 4) is 5.75 Å². The van der Waals surface area contributed by atoms with Crippen molar-refractivity contribution in [1.82, 2.24) is 9.88 Å². The molecule has 4 nitrogen and oxygen atoms in total. The summed E-state index contributed by atoms with van der Waals surface area (Å²) in [4.78, 5) is 18.5. The summed E-state index contributed by atoms with van der Waals surface area (Å²) in [5.41, 5.74) is 0. The van der Waals surface area contributed by atoms with E-state index in [0.29, 0.717) is 22.3 Å². The van der Waals surface area contributed by atoms with Gasteiger partial charge < -0.3 is 9.64 Å². The summed E-state index contributed by atoms with van der Waals surface area (Å²) in [5, 5.41) is 0. The number of carbonyl (C=O) groups excluding carboxylic acids is 1. The fraction of sp³-hybridized carbons (Fsp3) is 0.231. The quantitative estimate of drug-likeness (QED) is 0.874. The van der Waals surface area contributed by atoms with Gasteiger partial charge in [-0.3, -0.25) is 9.78 Å². The van der Waals surface area contributed by atoms with Gasteiger partial charge in [-0.2, -0.15) is 0 Å². The average Bonchev–Trinajstić information content (AvgIpc) is 2.80. The van der Waals surface area contributed by atoms with E-state index in [1.165, 1.54) is 11.3 Å². The van der Waals surface area contributed by atoms with Gasteiger partial charge in [0.2, 0.25) is 0 Å². The lowest BCUT2D eigenvalue weighted by atomic mass is 10.1. The Morgan fingerprint density at radius 1 is 1.42 bits per heavy atom. The Morgan fingerprint density at radius 2 is 2.26 bits per heavy atom. The molecule has 19 heavy (non-hydrogen) atoms. The number of nitrogens with zero attached hydrogens (tertiary/aromatic N) is 2. The van der Waals surface area contributed by atoms with Gasteiger partial charge >= 0.3 is 0 Å². The lowest BCUT2D eigenvalue weighted by Crippen LogP contribution is -2.56. The first kappa shape index (κ1) is 12.4. The molecule has 1 saturated heterocycles. The van der Waals surface area contributed by atoms with Crippen LogP contribution in [0.2, 0.25) is 4.34 Å². The van der Waals surface area contributed by atoms with Crippen molar-refractivity contribution in [3.63, 3.8) is 0 Å². The van der Waals surface area contributed by atoms with Crippen LogP contribution in [-0.2, 0) is 0 Å². The van der Waals surface area contributed by atoms with E-state index in [4.69, 9.17) is 16.3 Å². The van der Waals surface area contributed by atoms with E-state index in [1.54, 1.807) is 29.4 Å². The molecule has 0 saturated carbocycles. The van der Waals surface area contributed by atoms with Crippen molar-refractivity contribution in [3.05, 3.63) is 45.9 Å². The first-order chi connectivity index (χ1) is 9.22. The van der Waals surface area contributed by atoms with Crippen molar-refractivity contribution < 1.29 is 9.53 Å². The number of pyridine rings is 1. The van der Waals surface area contributed by atoms with Crippen LogP contribution in [0.5, 0.6) is 5.75 Å². The zero-order valence-electron chi connectivity index (χ0n) is 9.95. The molecule has 0 unspecified atom stereocenters. The lowest BCUT2D eigenvalue weighted by molar-refractivity contribution is 0.0180. The van der Waals surface area contributed by atoms with Crippen LogP contribution in [0.15, 0.2) is 36.7 Å². The van der Waals surface area contributed by atoms with Gasteiger partial charge in [0.1, 0.15) is 11.9 Å². The van der Waals surface area contributed by atoms with Crippen LogP contribution in [0.25, 0.3) is 0 Å². The van der Waals surface area contributed by atoms with Crippen LogP contribution < -0.4 is 4.74 Å². The molecule has 0 radical (unpaired) electrons. The largest absolute Gasteiger partial charge is 0.485 e. The molecular formula is C13H11ClN2O2S. The number of ether oxygens (including phenoxy) is 1. The summed E-state index contributed by atoms with van der Waals surface area (Å²) in [7, 11) is 0. The Bertz CT molecular complexity index is 581. The Hall–Kier alpha value is -1.59. The van der Waals surface area contributed by atoms with Gasteiger partial charge in [0.25, 0.3) is 5.91 Å². The summed E-state index contributed by atoms with van der Waals surface area (Å²) in [6, 6.07) is 7.18. The topological polar surface area (TPSA) is 42.4 Å². The molecule has 1 amide bonds. The molecule has 98 valence electrons. The number of carbonyl (C=O) groups is 1. The third-order valence-corrected chi connectivity index (χ3v) is 4.08. The number of halogens is 1. The summed E-state index contributed by atoms with van der Waals surface area (Å²) in [5.74, 6) is 0.752. The highest BCUT2D eigenvalue weighted by Crippen LogP contribution is 2.25. The maximum absolute atomic E-state index is 12.0. The minimum atomic E-state index is 0.0166. The van der Waals surface area contributed by atoms with E-state index in [9.17, 15) is 4.79 Å². The van der Waals surface area contributed by atoms with E-state index in [2.05, 4.69) is 4.98 Å². The SMILES string of the molecule is O=C(c1ccc(Cl)s1)N1CC(Oc2cccnc2)C1.